The Balaban J connectivity index is 1.70. The lowest BCUT2D eigenvalue weighted by atomic mass is 9.79. The Labute approximate surface area is 116 Å². The SMILES string of the molecule is CC1CC(C)CC(NC2CCCc3c2cnn3C)C1. The topological polar surface area (TPSA) is 29.9 Å². The van der Waals surface area contributed by atoms with Gasteiger partial charge in [0.15, 0.2) is 0 Å². The maximum absolute atomic E-state index is 4.45. The summed E-state index contributed by atoms with van der Waals surface area (Å²) in [7, 11) is 2.08. The summed E-state index contributed by atoms with van der Waals surface area (Å²) in [5, 5.41) is 8.38. The number of nitrogens with zero attached hydrogens (tertiary/aromatic N) is 2. The van der Waals surface area contributed by atoms with E-state index in [0.717, 1.165) is 11.8 Å². The summed E-state index contributed by atoms with van der Waals surface area (Å²) in [4.78, 5) is 0. The van der Waals surface area contributed by atoms with Gasteiger partial charge in [0.05, 0.1) is 6.20 Å². The van der Waals surface area contributed by atoms with Crippen molar-refractivity contribution in [3.05, 3.63) is 17.5 Å². The molecule has 1 aromatic heterocycles. The Morgan fingerprint density at radius 3 is 2.68 bits per heavy atom. The second-order valence-corrected chi connectivity index (χ2v) is 6.90. The molecule has 0 spiro atoms. The molecule has 3 heteroatoms. The number of aromatic nitrogens is 2. The average molecular weight is 261 g/mol. The molecule has 2 aliphatic carbocycles. The van der Waals surface area contributed by atoms with Crippen molar-refractivity contribution >= 4 is 0 Å². The summed E-state index contributed by atoms with van der Waals surface area (Å²) >= 11 is 0. The highest BCUT2D eigenvalue weighted by molar-refractivity contribution is 5.24. The Bertz CT molecular complexity index is 427. The molecule has 1 N–H and O–H groups in total. The van der Waals surface area contributed by atoms with Gasteiger partial charge in [-0.2, -0.15) is 5.10 Å². The first-order valence-electron chi connectivity index (χ1n) is 7.90. The molecule has 1 fully saturated rings. The van der Waals surface area contributed by atoms with Gasteiger partial charge in [0, 0.05) is 30.4 Å². The van der Waals surface area contributed by atoms with Crippen molar-refractivity contribution in [2.75, 3.05) is 0 Å². The van der Waals surface area contributed by atoms with Crippen LogP contribution in [0.3, 0.4) is 0 Å². The predicted octanol–water partition coefficient (Wildman–Crippen LogP) is 3.21. The van der Waals surface area contributed by atoms with Gasteiger partial charge in [-0.1, -0.05) is 13.8 Å². The fraction of sp³-hybridized carbons (Fsp3) is 0.812. The third kappa shape index (κ3) is 2.71. The Morgan fingerprint density at radius 1 is 1.21 bits per heavy atom. The van der Waals surface area contributed by atoms with Crippen molar-refractivity contribution in [2.24, 2.45) is 18.9 Å². The summed E-state index contributed by atoms with van der Waals surface area (Å²) in [6.45, 7) is 4.81. The Morgan fingerprint density at radius 2 is 1.95 bits per heavy atom. The van der Waals surface area contributed by atoms with E-state index >= 15 is 0 Å². The number of fused-ring (bicyclic) bond motifs is 1. The van der Waals surface area contributed by atoms with Crippen LogP contribution in [0.2, 0.25) is 0 Å². The zero-order valence-corrected chi connectivity index (χ0v) is 12.5. The van der Waals surface area contributed by atoms with E-state index in [1.54, 1.807) is 0 Å². The largest absolute Gasteiger partial charge is 0.307 e. The summed E-state index contributed by atoms with van der Waals surface area (Å²) in [6.07, 6.45) is 9.94. The van der Waals surface area contributed by atoms with Crippen LogP contribution in [0.25, 0.3) is 0 Å². The summed E-state index contributed by atoms with van der Waals surface area (Å²) < 4.78 is 2.06. The Hall–Kier alpha value is -0.830. The van der Waals surface area contributed by atoms with E-state index in [0.29, 0.717) is 12.1 Å². The number of nitrogens with one attached hydrogen (secondary N) is 1. The maximum Gasteiger partial charge on any atom is 0.0540 e. The van der Waals surface area contributed by atoms with E-state index in [9.17, 15) is 0 Å². The van der Waals surface area contributed by atoms with Gasteiger partial charge in [-0.15, -0.1) is 0 Å². The first-order valence-corrected chi connectivity index (χ1v) is 7.90. The van der Waals surface area contributed by atoms with Crippen molar-refractivity contribution in [3.8, 4) is 0 Å². The second-order valence-electron chi connectivity index (χ2n) is 6.90. The number of hydrogen-bond donors (Lipinski definition) is 1. The monoisotopic (exact) mass is 261 g/mol. The van der Waals surface area contributed by atoms with Gasteiger partial charge in [-0.25, -0.2) is 0 Å². The standard InChI is InChI=1S/C16H27N3/c1-11-7-12(2)9-13(8-11)18-15-5-4-6-16-14(15)10-17-19(16)3/h10-13,15,18H,4-9H2,1-3H3. The van der Waals surface area contributed by atoms with Gasteiger partial charge in [0.25, 0.3) is 0 Å². The molecule has 0 bridgehead atoms. The maximum atomic E-state index is 4.45. The smallest absolute Gasteiger partial charge is 0.0540 e. The first-order chi connectivity index (χ1) is 9.13. The van der Waals surface area contributed by atoms with Crippen LogP contribution >= 0.6 is 0 Å². The summed E-state index contributed by atoms with van der Waals surface area (Å²) in [6, 6.07) is 1.25. The van der Waals surface area contributed by atoms with Crippen LogP contribution in [0, 0.1) is 11.8 Å². The van der Waals surface area contributed by atoms with Gasteiger partial charge in [-0.3, -0.25) is 4.68 Å². The molecular weight excluding hydrogens is 234 g/mol. The average Bonchev–Trinajstić information content (AvgIpc) is 2.71. The number of hydrogen-bond acceptors (Lipinski definition) is 2. The van der Waals surface area contributed by atoms with Crippen molar-refractivity contribution in [3.63, 3.8) is 0 Å². The second kappa shape index (κ2) is 5.28. The zero-order chi connectivity index (χ0) is 13.4. The van der Waals surface area contributed by atoms with Crippen LogP contribution in [0.4, 0.5) is 0 Å². The molecule has 1 saturated carbocycles. The van der Waals surface area contributed by atoms with E-state index in [4.69, 9.17) is 0 Å². The van der Waals surface area contributed by atoms with Gasteiger partial charge in [0.1, 0.15) is 0 Å². The van der Waals surface area contributed by atoms with Crippen molar-refractivity contribution in [2.45, 2.75) is 64.5 Å². The molecule has 0 aromatic carbocycles. The van der Waals surface area contributed by atoms with Gasteiger partial charge in [-0.05, 0) is 50.4 Å². The lowest BCUT2D eigenvalue weighted by Gasteiger charge is -2.36. The number of rotatable bonds is 2. The molecule has 2 aliphatic rings. The van der Waals surface area contributed by atoms with Crippen LogP contribution in [0.1, 0.15) is 63.3 Å². The van der Waals surface area contributed by atoms with Gasteiger partial charge < -0.3 is 5.32 Å². The summed E-state index contributed by atoms with van der Waals surface area (Å²) in [5.41, 5.74) is 2.90. The first kappa shape index (κ1) is 13.2. The third-order valence-corrected chi connectivity index (χ3v) is 4.99. The fourth-order valence-corrected chi connectivity index (χ4v) is 4.25. The van der Waals surface area contributed by atoms with Crippen LogP contribution in [0.5, 0.6) is 0 Å². The molecule has 1 heterocycles. The molecule has 0 saturated heterocycles. The minimum atomic E-state index is 0.542. The molecule has 1 aromatic rings. The van der Waals surface area contributed by atoms with E-state index in [1.165, 1.54) is 49.8 Å². The minimum absolute atomic E-state index is 0.542. The summed E-state index contributed by atoms with van der Waals surface area (Å²) in [5.74, 6) is 1.75. The van der Waals surface area contributed by atoms with E-state index in [1.807, 2.05) is 0 Å². The van der Waals surface area contributed by atoms with Gasteiger partial charge >= 0.3 is 0 Å². The minimum Gasteiger partial charge on any atom is -0.307 e. The highest BCUT2D eigenvalue weighted by Crippen LogP contribution is 2.33. The Kier molecular flexibility index (Phi) is 3.66. The van der Waals surface area contributed by atoms with Crippen molar-refractivity contribution < 1.29 is 0 Å². The molecular formula is C16H27N3. The lowest BCUT2D eigenvalue weighted by Crippen LogP contribution is -2.39. The molecule has 3 atom stereocenters. The molecule has 3 nitrogen and oxygen atoms in total. The predicted molar refractivity (Wildman–Crippen MR) is 78.0 cm³/mol. The van der Waals surface area contributed by atoms with Crippen LogP contribution in [-0.2, 0) is 13.5 Å². The third-order valence-electron chi connectivity index (χ3n) is 4.99. The van der Waals surface area contributed by atoms with Crippen LogP contribution in [0.15, 0.2) is 6.20 Å². The lowest BCUT2D eigenvalue weighted by molar-refractivity contribution is 0.220. The van der Waals surface area contributed by atoms with Crippen molar-refractivity contribution in [1.82, 2.24) is 15.1 Å². The molecule has 106 valence electrons. The molecule has 3 unspecified atom stereocenters. The van der Waals surface area contributed by atoms with E-state index < -0.39 is 0 Å². The van der Waals surface area contributed by atoms with Crippen LogP contribution < -0.4 is 5.32 Å². The van der Waals surface area contributed by atoms with E-state index in [-0.39, 0.29) is 0 Å². The highest BCUT2D eigenvalue weighted by Gasteiger charge is 2.29. The molecule has 0 aliphatic heterocycles. The van der Waals surface area contributed by atoms with Crippen LogP contribution in [-0.4, -0.2) is 15.8 Å². The zero-order valence-electron chi connectivity index (χ0n) is 12.5. The van der Waals surface area contributed by atoms with Crippen molar-refractivity contribution in [1.29, 1.82) is 0 Å². The molecule has 0 radical (unpaired) electrons. The normalized spacial score (nSPS) is 35.1. The van der Waals surface area contributed by atoms with Gasteiger partial charge in [0.2, 0.25) is 0 Å². The molecule has 0 amide bonds. The fourth-order valence-electron chi connectivity index (χ4n) is 4.25. The quantitative estimate of drug-likeness (QED) is 0.886. The highest BCUT2D eigenvalue weighted by atomic mass is 15.3. The number of aryl methyl sites for hydroxylation is 1. The molecule has 19 heavy (non-hydrogen) atoms. The molecule has 3 rings (SSSR count). The van der Waals surface area contributed by atoms with E-state index in [2.05, 4.69) is 42.2 Å².